The van der Waals surface area contributed by atoms with Crippen molar-refractivity contribution >= 4 is 5.91 Å². The van der Waals surface area contributed by atoms with Gasteiger partial charge in [0, 0.05) is 11.6 Å². The van der Waals surface area contributed by atoms with E-state index < -0.39 is 11.7 Å². The van der Waals surface area contributed by atoms with E-state index >= 15 is 0 Å². The number of benzene rings is 1. The Labute approximate surface area is 75.3 Å². The van der Waals surface area contributed by atoms with Crippen LogP contribution in [0.4, 0.5) is 4.39 Å². The van der Waals surface area contributed by atoms with Crippen LogP contribution in [0.3, 0.4) is 0 Å². The molecule has 0 bridgehead atoms. The number of methoxy groups -OCH3 is 1. The van der Waals surface area contributed by atoms with Gasteiger partial charge < -0.3 is 10.5 Å². The summed E-state index contributed by atoms with van der Waals surface area (Å²) in [6.07, 6.45) is 0. The van der Waals surface area contributed by atoms with Gasteiger partial charge in [0.25, 0.3) is 0 Å². The van der Waals surface area contributed by atoms with Gasteiger partial charge in [-0.05, 0) is 18.6 Å². The number of primary amides is 1. The molecule has 4 heteroatoms. The van der Waals surface area contributed by atoms with Gasteiger partial charge in [0.05, 0.1) is 7.11 Å². The number of hydrogen-bond acceptors (Lipinski definition) is 2. The van der Waals surface area contributed by atoms with Crippen molar-refractivity contribution < 1.29 is 13.9 Å². The van der Waals surface area contributed by atoms with Gasteiger partial charge in [-0.25, -0.2) is 4.39 Å². The zero-order valence-corrected chi connectivity index (χ0v) is 7.43. The molecule has 0 saturated heterocycles. The molecule has 0 aliphatic heterocycles. The van der Waals surface area contributed by atoms with E-state index in [1.165, 1.54) is 26.2 Å². The number of carbonyl (C=O) groups excluding carboxylic acids is 1. The summed E-state index contributed by atoms with van der Waals surface area (Å²) >= 11 is 0. The fraction of sp³-hybridized carbons (Fsp3) is 0.222. The summed E-state index contributed by atoms with van der Waals surface area (Å²) in [7, 11) is 1.40. The van der Waals surface area contributed by atoms with E-state index in [-0.39, 0.29) is 16.9 Å². The van der Waals surface area contributed by atoms with Crippen molar-refractivity contribution in [2.45, 2.75) is 6.92 Å². The summed E-state index contributed by atoms with van der Waals surface area (Å²) in [4.78, 5) is 10.8. The van der Waals surface area contributed by atoms with Gasteiger partial charge in [-0.2, -0.15) is 0 Å². The van der Waals surface area contributed by atoms with Gasteiger partial charge in [0.15, 0.2) is 0 Å². The quantitative estimate of drug-likeness (QED) is 0.750. The van der Waals surface area contributed by atoms with E-state index in [2.05, 4.69) is 0 Å². The smallest absolute Gasteiger partial charge is 0.249 e. The Balaban J connectivity index is 3.33. The third kappa shape index (κ3) is 1.77. The number of halogens is 1. The number of amides is 1. The molecule has 1 amide bonds. The predicted molar refractivity (Wildman–Crippen MR) is 46.2 cm³/mol. The SMILES string of the molecule is COc1cc(F)c(C)c(C(N)=O)c1. The van der Waals surface area contributed by atoms with Crippen molar-refractivity contribution in [1.29, 1.82) is 0 Å². The number of ether oxygens (including phenoxy) is 1. The first kappa shape index (κ1) is 9.51. The largest absolute Gasteiger partial charge is 0.497 e. The maximum absolute atomic E-state index is 13.1. The van der Waals surface area contributed by atoms with Gasteiger partial charge in [-0.3, -0.25) is 4.79 Å². The average Bonchev–Trinajstić information content (AvgIpc) is 2.09. The number of nitrogens with two attached hydrogens (primary N) is 1. The highest BCUT2D eigenvalue weighted by molar-refractivity contribution is 5.94. The molecule has 0 aromatic heterocycles. The fourth-order valence-corrected chi connectivity index (χ4v) is 1.03. The first-order chi connectivity index (χ1) is 6.06. The first-order valence-corrected chi connectivity index (χ1v) is 3.70. The number of rotatable bonds is 2. The lowest BCUT2D eigenvalue weighted by Gasteiger charge is -2.06. The molecule has 2 N–H and O–H groups in total. The van der Waals surface area contributed by atoms with E-state index in [1.807, 2.05) is 0 Å². The van der Waals surface area contributed by atoms with Crippen molar-refractivity contribution in [2.75, 3.05) is 7.11 Å². The van der Waals surface area contributed by atoms with Crippen LogP contribution in [0, 0.1) is 12.7 Å². The topological polar surface area (TPSA) is 52.3 Å². The van der Waals surface area contributed by atoms with Crippen LogP contribution >= 0.6 is 0 Å². The van der Waals surface area contributed by atoms with Crippen molar-refractivity contribution in [3.8, 4) is 5.75 Å². The summed E-state index contributed by atoms with van der Waals surface area (Å²) < 4.78 is 17.9. The van der Waals surface area contributed by atoms with Gasteiger partial charge in [-0.15, -0.1) is 0 Å². The maximum atomic E-state index is 13.1. The molecule has 3 nitrogen and oxygen atoms in total. The molecule has 0 atom stereocenters. The Morgan fingerprint density at radius 1 is 1.54 bits per heavy atom. The van der Waals surface area contributed by atoms with Crippen LogP contribution in [0.5, 0.6) is 5.75 Å². The highest BCUT2D eigenvalue weighted by atomic mass is 19.1. The van der Waals surface area contributed by atoms with E-state index in [0.29, 0.717) is 0 Å². The lowest BCUT2D eigenvalue weighted by Crippen LogP contribution is -2.13. The molecule has 1 rings (SSSR count). The molecule has 0 aliphatic carbocycles. The second-order valence-corrected chi connectivity index (χ2v) is 2.65. The van der Waals surface area contributed by atoms with Gasteiger partial charge in [0.2, 0.25) is 5.91 Å². The third-order valence-corrected chi connectivity index (χ3v) is 1.82. The van der Waals surface area contributed by atoms with E-state index in [0.717, 1.165) is 0 Å². The molecule has 0 fully saturated rings. The minimum Gasteiger partial charge on any atom is -0.497 e. The Morgan fingerprint density at radius 2 is 2.15 bits per heavy atom. The van der Waals surface area contributed by atoms with E-state index in [4.69, 9.17) is 10.5 Å². The van der Waals surface area contributed by atoms with Crippen LogP contribution in [-0.2, 0) is 0 Å². The lowest BCUT2D eigenvalue weighted by atomic mass is 10.1. The predicted octanol–water partition coefficient (Wildman–Crippen LogP) is 1.24. The van der Waals surface area contributed by atoms with Crippen molar-refractivity contribution in [3.05, 3.63) is 29.1 Å². The highest BCUT2D eigenvalue weighted by Gasteiger charge is 2.11. The molecular weight excluding hydrogens is 173 g/mol. The normalized spacial score (nSPS) is 9.77. The van der Waals surface area contributed by atoms with Gasteiger partial charge in [-0.1, -0.05) is 0 Å². The van der Waals surface area contributed by atoms with Crippen LogP contribution < -0.4 is 10.5 Å². The zero-order chi connectivity index (χ0) is 10.0. The van der Waals surface area contributed by atoms with Crippen LogP contribution in [0.2, 0.25) is 0 Å². The van der Waals surface area contributed by atoms with E-state index in [1.54, 1.807) is 0 Å². The number of hydrogen-bond donors (Lipinski definition) is 1. The van der Waals surface area contributed by atoms with Crippen LogP contribution in [0.1, 0.15) is 15.9 Å². The molecule has 0 spiro atoms. The molecule has 1 aromatic carbocycles. The summed E-state index contributed by atoms with van der Waals surface area (Å²) in [6, 6.07) is 2.63. The minimum absolute atomic E-state index is 0.150. The Hall–Kier alpha value is -1.58. The Kier molecular flexibility index (Phi) is 2.51. The molecule has 0 unspecified atom stereocenters. The fourth-order valence-electron chi connectivity index (χ4n) is 1.03. The standard InChI is InChI=1S/C9H10FNO2/c1-5-7(9(11)12)3-6(13-2)4-8(5)10/h3-4H,1-2H3,(H2,11,12). The second-order valence-electron chi connectivity index (χ2n) is 2.65. The van der Waals surface area contributed by atoms with Crippen molar-refractivity contribution in [2.24, 2.45) is 5.73 Å². The Bertz CT molecular complexity index is 350. The molecule has 70 valence electrons. The average molecular weight is 183 g/mol. The summed E-state index contributed by atoms with van der Waals surface area (Å²) in [5.74, 6) is -0.861. The van der Waals surface area contributed by atoms with E-state index in [9.17, 15) is 9.18 Å². The second kappa shape index (κ2) is 3.43. The Morgan fingerprint density at radius 3 is 2.62 bits per heavy atom. The first-order valence-electron chi connectivity index (χ1n) is 3.70. The van der Waals surface area contributed by atoms with Gasteiger partial charge >= 0.3 is 0 Å². The zero-order valence-electron chi connectivity index (χ0n) is 7.43. The molecular formula is C9H10FNO2. The maximum Gasteiger partial charge on any atom is 0.249 e. The molecule has 0 aliphatic rings. The van der Waals surface area contributed by atoms with Crippen molar-refractivity contribution in [3.63, 3.8) is 0 Å². The van der Waals surface area contributed by atoms with Gasteiger partial charge in [0.1, 0.15) is 11.6 Å². The van der Waals surface area contributed by atoms with Crippen LogP contribution in [0.25, 0.3) is 0 Å². The number of carbonyl (C=O) groups is 1. The lowest BCUT2D eigenvalue weighted by molar-refractivity contribution is 0.0999. The molecule has 0 radical (unpaired) electrons. The monoisotopic (exact) mass is 183 g/mol. The summed E-state index contributed by atoms with van der Waals surface area (Å²) in [5, 5.41) is 0. The van der Waals surface area contributed by atoms with Crippen molar-refractivity contribution in [1.82, 2.24) is 0 Å². The molecule has 1 aromatic rings. The van der Waals surface area contributed by atoms with Crippen LogP contribution in [0.15, 0.2) is 12.1 Å². The highest BCUT2D eigenvalue weighted by Crippen LogP contribution is 2.20. The minimum atomic E-state index is -0.657. The molecule has 0 heterocycles. The summed E-state index contributed by atoms with van der Waals surface area (Å²) in [6.45, 7) is 1.49. The summed E-state index contributed by atoms with van der Waals surface area (Å²) in [5.41, 5.74) is 5.44. The molecule has 13 heavy (non-hydrogen) atoms. The third-order valence-electron chi connectivity index (χ3n) is 1.82. The van der Waals surface area contributed by atoms with Crippen LogP contribution in [-0.4, -0.2) is 13.0 Å². The molecule has 0 saturated carbocycles.